The summed E-state index contributed by atoms with van der Waals surface area (Å²) in [6.45, 7) is 19.8. The molecule has 0 radical (unpaired) electrons. The van der Waals surface area contributed by atoms with Crippen molar-refractivity contribution in [1.82, 2.24) is 0 Å². The Kier molecular flexibility index (Phi) is 18.0. The molecule has 29 heavy (non-hydrogen) atoms. The van der Waals surface area contributed by atoms with Gasteiger partial charge in [-0.2, -0.15) is 5.57 Å². The molecule has 0 spiro atoms. The summed E-state index contributed by atoms with van der Waals surface area (Å²) >= 11 is 0. The van der Waals surface area contributed by atoms with Crippen LogP contribution in [0.4, 0.5) is 0 Å². The SMILES string of the molecule is C=CC[Si](C)(C)C1=[C-]C([Si](OC)(OC)OC)C(C)=C1[Si](C)(C)CC=C.[CH3-].[CH3-].[CH3-].[Pt+4]. The molecule has 0 saturated heterocycles. The van der Waals surface area contributed by atoms with E-state index in [1.165, 1.54) is 16.0 Å². The molecule has 0 saturated carbocycles. The van der Waals surface area contributed by atoms with Crippen molar-refractivity contribution in [2.45, 2.75) is 50.7 Å². The van der Waals surface area contributed by atoms with Crippen molar-refractivity contribution in [3.8, 4) is 0 Å². The Hall–Kier alpha value is 0.179. The van der Waals surface area contributed by atoms with E-state index in [-0.39, 0.29) is 48.9 Å². The van der Waals surface area contributed by atoms with E-state index in [0.29, 0.717) is 0 Å². The van der Waals surface area contributed by atoms with Gasteiger partial charge in [0.1, 0.15) is 0 Å². The smallest absolute Gasteiger partial charge is 0.377 e. The zero-order chi connectivity index (χ0) is 19.5. The minimum absolute atomic E-state index is 0. The summed E-state index contributed by atoms with van der Waals surface area (Å²) in [5.74, 6) is 0. The van der Waals surface area contributed by atoms with E-state index in [1.807, 2.05) is 0 Å². The fraction of sp³-hybridized carbons (Fsp3) is 0.500. The van der Waals surface area contributed by atoms with Gasteiger partial charge in [0, 0.05) is 29.4 Å². The molecule has 0 aromatic heterocycles. The first-order valence-corrected chi connectivity index (χ1v) is 17.0. The molecule has 1 aliphatic rings. The number of hydrogen-bond donors (Lipinski definition) is 0. The molecule has 1 unspecified atom stereocenters. The molecular weight excluding hydrogens is 592 g/mol. The largest absolute Gasteiger partial charge is 4.00 e. The fourth-order valence-electron chi connectivity index (χ4n) is 3.96. The minimum Gasteiger partial charge on any atom is -0.377 e. The average Bonchev–Trinajstić information content (AvgIpc) is 2.90. The molecular formula is C22H44O3PtSi3. The maximum Gasteiger partial charge on any atom is 4.00 e. The third-order valence-corrected chi connectivity index (χ3v) is 14.8. The van der Waals surface area contributed by atoms with Gasteiger partial charge in [-0.3, -0.25) is 6.08 Å². The summed E-state index contributed by atoms with van der Waals surface area (Å²) in [4.78, 5) is 0. The summed E-state index contributed by atoms with van der Waals surface area (Å²) in [5, 5.41) is 2.95. The van der Waals surface area contributed by atoms with Crippen molar-refractivity contribution in [3.05, 3.63) is 69.6 Å². The second-order valence-corrected chi connectivity index (χ2v) is 20.3. The zero-order valence-electron chi connectivity index (χ0n) is 20.6. The molecule has 3 nitrogen and oxygen atoms in total. The van der Waals surface area contributed by atoms with Crippen LogP contribution in [0.5, 0.6) is 0 Å². The summed E-state index contributed by atoms with van der Waals surface area (Å²) in [6.07, 6.45) is 7.93. The third kappa shape index (κ3) is 7.37. The van der Waals surface area contributed by atoms with Crippen LogP contribution in [0.15, 0.2) is 41.3 Å². The molecule has 0 fully saturated rings. The van der Waals surface area contributed by atoms with Gasteiger partial charge in [-0.25, -0.2) is 10.4 Å². The molecule has 1 atom stereocenters. The quantitative estimate of drug-likeness (QED) is 0.156. The standard InChI is InChI=1S/C19H35O3Si3.3CH3.Pt/c1-11-13-23(7,8)18-15-17(25(20-4,21-5)22-6)16(3)19(18)24(9,10)14-12-2;;;;/h11-12,17H,1-2,13-14H2,3-10H3;3*1H3;/q4*-1;+4. The van der Waals surface area contributed by atoms with Gasteiger partial charge in [0.25, 0.3) is 0 Å². The summed E-state index contributed by atoms with van der Waals surface area (Å²) in [7, 11) is -1.14. The summed E-state index contributed by atoms with van der Waals surface area (Å²) in [6, 6.07) is 2.09. The van der Waals surface area contributed by atoms with Crippen molar-refractivity contribution in [1.29, 1.82) is 0 Å². The van der Waals surface area contributed by atoms with Crippen LogP contribution >= 0.6 is 0 Å². The van der Waals surface area contributed by atoms with Crippen LogP contribution in [0.1, 0.15) is 6.92 Å². The van der Waals surface area contributed by atoms with Crippen molar-refractivity contribution >= 4 is 25.0 Å². The van der Waals surface area contributed by atoms with E-state index in [4.69, 9.17) is 13.3 Å². The Bertz CT molecular complexity index is 572. The van der Waals surface area contributed by atoms with Crippen LogP contribution in [0, 0.1) is 28.4 Å². The van der Waals surface area contributed by atoms with Gasteiger partial charge >= 0.3 is 29.9 Å². The Morgan fingerprint density at radius 1 is 0.862 bits per heavy atom. The van der Waals surface area contributed by atoms with E-state index in [1.54, 1.807) is 21.3 Å². The molecule has 0 heterocycles. The van der Waals surface area contributed by atoms with Crippen LogP contribution in [0.3, 0.4) is 0 Å². The fourth-order valence-corrected chi connectivity index (χ4v) is 13.7. The molecule has 0 aromatic rings. The van der Waals surface area contributed by atoms with Gasteiger partial charge in [-0.15, -0.1) is 13.2 Å². The van der Waals surface area contributed by atoms with Gasteiger partial charge in [-0.1, -0.05) is 51.3 Å². The van der Waals surface area contributed by atoms with Crippen LogP contribution in [0.25, 0.3) is 0 Å². The van der Waals surface area contributed by atoms with Crippen LogP contribution in [-0.2, 0) is 34.3 Å². The normalized spacial score (nSPS) is 16.6. The van der Waals surface area contributed by atoms with Crippen molar-refractivity contribution in [3.63, 3.8) is 0 Å². The van der Waals surface area contributed by atoms with Gasteiger partial charge in [0.05, 0.1) is 0 Å². The Morgan fingerprint density at radius 3 is 1.59 bits per heavy atom. The van der Waals surface area contributed by atoms with Gasteiger partial charge < -0.3 is 35.6 Å². The monoisotopic (exact) mass is 635 g/mol. The first-order valence-electron chi connectivity index (χ1n) is 8.79. The van der Waals surface area contributed by atoms with Gasteiger partial charge in [-0.05, 0) is 19.7 Å². The molecule has 0 aromatic carbocycles. The van der Waals surface area contributed by atoms with Gasteiger partial charge in [0.15, 0.2) is 0 Å². The van der Waals surface area contributed by atoms with Crippen molar-refractivity contribution < 1.29 is 34.3 Å². The van der Waals surface area contributed by atoms with E-state index in [0.717, 1.165) is 12.1 Å². The van der Waals surface area contributed by atoms with Crippen LogP contribution in [-0.4, -0.2) is 46.3 Å². The minimum atomic E-state index is -2.83. The summed E-state index contributed by atoms with van der Waals surface area (Å²) in [5.41, 5.74) is 1.31. The second-order valence-electron chi connectivity index (χ2n) is 7.98. The number of rotatable bonds is 10. The van der Waals surface area contributed by atoms with E-state index in [2.05, 4.69) is 64.5 Å². The zero-order valence-corrected chi connectivity index (χ0v) is 25.9. The number of hydrogen-bond acceptors (Lipinski definition) is 3. The predicted molar refractivity (Wildman–Crippen MR) is 134 cm³/mol. The van der Waals surface area contributed by atoms with E-state index in [9.17, 15) is 0 Å². The average molecular weight is 636 g/mol. The van der Waals surface area contributed by atoms with Crippen molar-refractivity contribution in [2.75, 3.05) is 21.3 Å². The molecule has 0 aliphatic heterocycles. The van der Waals surface area contributed by atoms with Crippen molar-refractivity contribution in [2.24, 2.45) is 0 Å². The Balaban J connectivity index is -0.000000781. The topological polar surface area (TPSA) is 27.7 Å². The molecule has 0 amide bonds. The van der Waals surface area contributed by atoms with Crippen LogP contribution in [0.2, 0.25) is 43.8 Å². The molecule has 1 rings (SSSR count). The maximum absolute atomic E-state index is 5.81. The molecule has 0 N–H and O–H groups in total. The predicted octanol–water partition coefficient (Wildman–Crippen LogP) is 6.51. The Morgan fingerprint density at radius 2 is 1.24 bits per heavy atom. The summed E-state index contributed by atoms with van der Waals surface area (Å²) < 4.78 is 17.4. The first kappa shape index (κ1) is 36.5. The molecule has 7 heteroatoms. The Labute approximate surface area is 200 Å². The molecule has 1 aliphatic carbocycles. The third-order valence-electron chi connectivity index (χ3n) is 5.24. The molecule has 0 bridgehead atoms. The molecule has 172 valence electrons. The maximum atomic E-state index is 5.81. The van der Waals surface area contributed by atoms with Gasteiger partial charge in [0.2, 0.25) is 0 Å². The number of allylic oxidation sites excluding steroid dienone is 6. The second kappa shape index (κ2) is 14.3. The van der Waals surface area contributed by atoms with Crippen LogP contribution < -0.4 is 0 Å². The van der Waals surface area contributed by atoms with E-state index < -0.39 is 25.0 Å². The van der Waals surface area contributed by atoms with E-state index >= 15 is 0 Å². The first-order chi connectivity index (χ1) is 11.6.